The van der Waals surface area contributed by atoms with E-state index in [4.69, 9.17) is 4.74 Å². The number of fused-ring (bicyclic) bond motifs is 1. The first kappa shape index (κ1) is 11.4. The van der Waals surface area contributed by atoms with Crippen molar-refractivity contribution in [3.8, 4) is 0 Å². The molecule has 2 rings (SSSR count). The van der Waals surface area contributed by atoms with E-state index in [-0.39, 0.29) is 11.7 Å². The Morgan fingerprint density at radius 2 is 2.06 bits per heavy atom. The SMILES string of the molecule is CCOC(=O)CCc1ccc2[nH]c(=O)[nH]c2c1. The molecule has 0 saturated carbocycles. The average molecular weight is 234 g/mol. The molecular formula is C12H14N2O3. The van der Waals surface area contributed by atoms with E-state index in [2.05, 4.69) is 9.97 Å². The number of aryl methyl sites for hydroxylation is 1. The Labute approximate surface area is 97.8 Å². The molecule has 5 heteroatoms. The fourth-order valence-electron chi connectivity index (χ4n) is 1.71. The van der Waals surface area contributed by atoms with Crippen molar-refractivity contribution >= 4 is 17.0 Å². The monoisotopic (exact) mass is 234 g/mol. The van der Waals surface area contributed by atoms with Crippen molar-refractivity contribution in [3.05, 3.63) is 34.2 Å². The Balaban J connectivity index is 2.08. The number of aromatic amines is 2. The van der Waals surface area contributed by atoms with Gasteiger partial charge < -0.3 is 14.7 Å². The molecule has 17 heavy (non-hydrogen) atoms. The molecule has 0 spiro atoms. The van der Waals surface area contributed by atoms with Crippen LogP contribution >= 0.6 is 0 Å². The molecule has 2 aromatic rings. The van der Waals surface area contributed by atoms with Crippen LogP contribution in [0.4, 0.5) is 0 Å². The third-order valence-electron chi connectivity index (χ3n) is 2.50. The van der Waals surface area contributed by atoms with Crippen LogP contribution in [0, 0.1) is 0 Å². The minimum Gasteiger partial charge on any atom is -0.466 e. The summed E-state index contributed by atoms with van der Waals surface area (Å²) in [6.07, 6.45) is 0.968. The zero-order valence-corrected chi connectivity index (χ0v) is 9.58. The summed E-state index contributed by atoms with van der Waals surface area (Å²) in [6.45, 7) is 2.19. The molecule has 90 valence electrons. The van der Waals surface area contributed by atoms with Gasteiger partial charge in [0.2, 0.25) is 0 Å². The average Bonchev–Trinajstić information content (AvgIpc) is 2.66. The highest BCUT2D eigenvalue weighted by Gasteiger charge is 2.04. The Morgan fingerprint density at radius 1 is 1.29 bits per heavy atom. The van der Waals surface area contributed by atoms with Crippen LogP contribution in [0.2, 0.25) is 0 Å². The summed E-state index contributed by atoms with van der Waals surface area (Å²) in [5, 5.41) is 0. The van der Waals surface area contributed by atoms with E-state index < -0.39 is 0 Å². The van der Waals surface area contributed by atoms with Crippen molar-refractivity contribution < 1.29 is 9.53 Å². The fourth-order valence-corrected chi connectivity index (χ4v) is 1.71. The van der Waals surface area contributed by atoms with E-state index in [1.54, 1.807) is 6.92 Å². The highest BCUT2D eigenvalue weighted by Crippen LogP contribution is 2.11. The molecule has 1 aromatic carbocycles. The van der Waals surface area contributed by atoms with Crippen LogP contribution in [0.25, 0.3) is 11.0 Å². The number of esters is 1. The first-order valence-electron chi connectivity index (χ1n) is 5.55. The molecule has 1 aromatic heterocycles. The molecule has 1 heterocycles. The second-order valence-corrected chi connectivity index (χ2v) is 3.76. The molecule has 0 atom stereocenters. The van der Waals surface area contributed by atoms with Crippen LogP contribution in [-0.2, 0) is 16.0 Å². The van der Waals surface area contributed by atoms with Crippen molar-refractivity contribution in [2.75, 3.05) is 6.61 Å². The Hall–Kier alpha value is -2.04. The van der Waals surface area contributed by atoms with Crippen molar-refractivity contribution in [1.82, 2.24) is 9.97 Å². The highest BCUT2D eigenvalue weighted by atomic mass is 16.5. The highest BCUT2D eigenvalue weighted by molar-refractivity contribution is 5.75. The summed E-state index contributed by atoms with van der Waals surface area (Å²) in [7, 11) is 0. The third-order valence-corrected chi connectivity index (χ3v) is 2.50. The molecule has 0 amide bonds. The quantitative estimate of drug-likeness (QED) is 0.784. The van der Waals surface area contributed by atoms with E-state index in [1.807, 2.05) is 18.2 Å². The van der Waals surface area contributed by atoms with Crippen molar-refractivity contribution in [2.45, 2.75) is 19.8 Å². The van der Waals surface area contributed by atoms with Crippen LogP contribution in [-0.4, -0.2) is 22.5 Å². The van der Waals surface area contributed by atoms with Crippen LogP contribution in [0.15, 0.2) is 23.0 Å². The Bertz CT molecular complexity index is 583. The molecule has 0 bridgehead atoms. The number of aromatic nitrogens is 2. The predicted octanol–water partition coefficient (Wildman–Crippen LogP) is 1.35. The molecule has 2 N–H and O–H groups in total. The maximum atomic E-state index is 11.2. The molecule has 0 fully saturated rings. The summed E-state index contributed by atoms with van der Waals surface area (Å²) < 4.78 is 4.85. The summed E-state index contributed by atoms with van der Waals surface area (Å²) in [4.78, 5) is 27.6. The molecule has 5 nitrogen and oxygen atoms in total. The van der Waals surface area contributed by atoms with Crippen molar-refractivity contribution in [3.63, 3.8) is 0 Å². The number of hydrogen-bond acceptors (Lipinski definition) is 3. The summed E-state index contributed by atoms with van der Waals surface area (Å²) in [5.41, 5.74) is 2.31. The lowest BCUT2D eigenvalue weighted by Gasteiger charge is -2.02. The largest absolute Gasteiger partial charge is 0.466 e. The van der Waals surface area contributed by atoms with Gasteiger partial charge in [-0.15, -0.1) is 0 Å². The molecule has 0 aliphatic carbocycles. The van der Waals surface area contributed by atoms with Gasteiger partial charge in [0.15, 0.2) is 0 Å². The third kappa shape index (κ3) is 2.75. The molecular weight excluding hydrogens is 220 g/mol. The van der Waals surface area contributed by atoms with Crippen LogP contribution < -0.4 is 5.69 Å². The first-order chi connectivity index (χ1) is 8.19. The van der Waals surface area contributed by atoms with Crippen LogP contribution in [0.3, 0.4) is 0 Å². The number of nitrogens with one attached hydrogen (secondary N) is 2. The van der Waals surface area contributed by atoms with E-state index >= 15 is 0 Å². The molecule has 0 saturated heterocycles. The summed E-state index contributed by atoms with van der Waals surface area (Å²) in [5.74, 6) is -0.199. The van der Waals surface area contributed by atoms with Gasteiger partial charge in [0.25, 0.3) is 0 Å². The van der Waals surface area contributed by atoms with E-state index in [9.17, 15) is 9.59 Å². The maximum absolute atomic E-state index is 11.2. The number of imidazole rings is 1. The zero-order valence-electron chi connectivity index (χ0n) is 9.58. The number of carbonyl (C=O) groups is 1. The molecule has 0 aliphatic rings. The minimum atomic E-state index is -0.220. The predicted molar refractivity (Wildman–Crippen MR) is 63.9 cm³/mol. The maximum Gasteiger partial charge on any atom is 0.323 e. The number of rotatable bonds is 4. The van der Waals surface area contributed by atoms with E-state index in [0.717, 1.165) is 16.6 Å². The molecule has 0 radical (unpaired) electrons. The fraction of sp³-hybridized carbons (Fsp3) is 0.333. The second-order valence-electron chi connectivity index (χ2n) is 3.76. The lowest BCUT2D eigenvalue weighted by atomic mass is 10.1. The van der Waals surface area contributed by atoms with Gasteiger partial charge in [0.05, 0.1) is 17.6 Å². The van der Waals surface area contributed by atoms with Gasteiger partial charge in [-0.05, 0) is 31.0 Å². The van der Waals surface area contributed by atoms with E-state index in [1.165, 1.54) is 0 Å². The second kappa shape index (κ2) is 4.86. The first-order valence-corrected chi connectivity index (χ1v) is 5.55. The van der Waals surface area contributed by atoms with Gasteiger partial charge in [-0.1, -0.05) is 6.07 Å². The van der Waals surface area contributed by atoms with Gasteiger partial charge in [0, 0.05) is 6.42 Å². The van der Waals surface area contributed by atoms with Gasteiger partial charge in [-0.3, -0.25) is 4.79 Å². The normalized spacial score (nSPS) is 10.6. The minimum absolute atomic E-state index is 0.199. The summed E-state index contributed by atoms with van der Waals surface area (Å²) >= 11 is 0. The van der Waals surface area contributed by atoms with Crippen LogP contribution in [0.5, 0.6) is 0 Å². The Kier molecular flexibility index (Phi) is 3.27. The van der Waals surface area contributed by atoms with Gasteiger partial charge >= 0.3 is 11.7 Å². The smallest absolute Gasteiger partial charge is 0.323 e. The van der Waals surface area contributed by atoms with Gasteiger partial charge in [-0.2, -0.15) is 0 Å². The topological polar surface area (TPSA) is 75.0 Å². The van der Waals surface area contributed by atoms with E-state index in [0.29, 0.717) is 19.4 Å². The van der Waals surface area contributed by atoms with Crippen LogP contribution in [0.1, 0.15) is 18.9 Å². The number of H-pyrrole nitrogens is 2. The summed E-state index contributed by atoms with van der Waals surface area (Å²) in [6, 6.07) is 5.59. The van der Waals surface area contributed by atoms with Gasteiger partial charge in [-0.25, -0.2) is 4.79 Å². The lowest BCUT2D eigenvalue weighted by molar-refractivity contribution is -0.143. The molecule has 0 aliphatic heterocycles. The number of hydrogen-bond donors (Lipinski definition) is 2. The number of benzene rings is 1. The number of carbonyl (C=O) groups excluding carboxylic acids is 1. The number of ether oxygens (including phenoxy) is 1. The van der Waals surface area contributed by atoms with Crippen molar-refractivity contribution in [1.29, 1.82) is 0 Å². The Morgan fingerprint density at radius 3 is 2.82 bits per heavy atom. The molecule has 0 unspecified atom stereocenters. The lowest BCUT2D eigenvalue weighted by Crippen LogP contribution is -2.05. The zero-order chi connectivity index (χ0) is 12.3. The van der Waals surface area contributed by atoms with Crippen molar-refractivity contribution in [2.24, 2.45) is 0 Å². The standard InChI is InChI=1S/C12H14N2O3/c1-2-17-11(15)6-4-8-3-5-9-10(7-8)14-12(16)13-9/h3,5,7H,2,4,6H2,1H3,(H2,13,14,16). The van der Waals surface area contributed by atoms with Gasteiger partial charge in [0.1, 0.15) is 0 Å².